The molecule has 0 amide bonds. The number of thioether (sulfide) groups is 1. The molecule has 88 valence electrons. The van der Waals surface area contributed by atoms with Crippen LogP contribution in [0.15, 0.2) is 35.5 Å². The molecule has 1 aliphatic heterocycles. The Balaban J connectivity index is 1.72. The molecule has 1 N–H and O–H groups in total. The van der Waals surface area contributed by atoms with E-state index in [9.17, 15) is 0 Å². The summed E-state index contributed by atoms with van der Waals surface area (Å²) in [5, 5.41) is 4.52. The highest BCUT2D eigenvalue weighted by Gasteiger charge is 2.14. The Morgan fingerprint density at radius 3 is 3.00 bits per heavy atom. The summed E-state index contributed by atoms with van der Waals surface area (Å²) in [4.78, 5) is 9.03. The fourth-order valence-corrected chi connectivity index (χ4v) is 3.04. The molecule has 3 rings (SSSR count). The summed E-state index contributed by atoms with van der Waals surface area (Å²) >= 11 is 1.80. The molecule has 0 aliphatic carbocycles. The second kappa shape index (κ2) is 5.02. The number of fused-ring (bicyclic) bond motifs is 1. The van der Waals surface area contributed by atoms with Gasteiger partial charge in [-0.05, 0) is 31.5 Å². The number of nitrogens with zero attached hydrogens (tertiary/aromatic N) is 2. The summed E-state index contributed by atoms with van der Waals surface area (Å²) in [5.41, 5.74) is 1.95. The molecule has 1 aromatic heterocycles. The molecule has 1 aromatic carbocycles. The van der Waals surface area contributed by atoms with Crippen molar-refractivity contribution in [3.8, 4) is 0 Å². The van der Waals surface area contributed by atoms with Crippen LogP contribution < -0.4 is 5.32 Å². The van der Waals surface area contributed by atoms with Gasteiger partial charge in [-0.2, -0.15) is 0 Å². The van der Waals surface area contributed by atoms with Gasteiger partial charge in [-0.15, -0.1) is 11.8 Å². The first kappa shape index (κ1) is 11.0. The third-order valence-corrected chi connectivity index (χ3v) is 4.08. The normalized spacial score (nSPS) is 19.9. The summed E-state index contributed by atoms with van der Waals surface area (Å²) in [7, 11) is 0. The minimum atomic E-state index is 0.647. The van der Waals surface area contributed by atoms with Gasteiger partial charge in [0.15, 0.2) is 0 Å². The maximum Gasteiger partial charge on any atom is 0.115 e. The molecule has 1 saturated heterocycles. The molecular weight excluding hydrogens is 230 g/mol. The Hall–Kier alpha value is -1.13. The summed E-state index contributed by atoms with van der Waals surface area (Å²) in [6.07, 6.45) is 4.46. The average Bonchev–Trinajstić information content (AvgIpc) is 2.89. The Morgan fingerprint density at radius 1 is 1.29 bits per heavy atom. The number of rotatable bonds is 3. The van der Waals surface area contributed by atoms with Crippen molar-refractivity contribution in [2.24, 2.45) is 0 Å². The number of benzene rings is 1. The molecular formula is C13H15N3S. The van der Waals surface area contributed by atoms with Gasteiger partial charge in [0.2, 0.25) is 0 Å². The minimum absolute atomic E-state index is 0.647. The molecule has 4 heteroatoms. The second-order valence-corrected chi connectivity index (χ2v) is 5.34. The number of para-hydroxylation sites is 2. The van der Waals surface area contributed by atoms with Crippen LogP contribution in [0.25, 0.3) is 11.0 Å². The van der Waals surface area contributed by atoms with Gasteiger partial charge < -0.3 is 5.32 Å². The zero-order chi connectivity index (χ0) is 11.5. The fourth-order valence-electron chi connectivity index (χ4n) is 2.09. The average molecular weight is 245 g/mol. The lowest BCUT2D eigenvalue weighted by molar-refractivity contribution is 0.673. The van der Waals surface area contributed by atoms with Crippen molar-refractivity contribution in [1.82, 2.24) is 15.3 Å². The van der Waals surface area contributed by atoms with Gasteiger partial charge in [-0.3, -0.25) is 4.98 Å². The molecule has 1 fully saturated rings. The van der Waals surface area contributed by atoms with Crippen LogP contribution in [-0.4, -0.2) is 28.3 Å². The third kappa shape index (κ3) is 2.58. The van der Waals surface area contributed by atoms with Crippen molar-refractivity contribution in [3.63, 3.8) is 0 Å². The van der Waals surface area contributed by atoms with E-state index in [2.05, 4.69) is 15.3 Å². The highest BCUT2D eigenvalue weighted by Crippen LogP contribution is 2.20. The predicted octanol–water partition coefficient (Wildman–Crippen LogP) is 2.47. The topological polar surface area (TPSA) is 37.8 Å². The van der Waals surface area contributed by atoms with Crippen LogP contribution in [0.5, 0.6) is 0 Å². The molecule has 0 radical (unpaired) electrons. The lowest BCUT2D eigenvalue weighted by atomic mass is 10.3. The van der Waals surface area contributed by atoms with E-state index in [-0.39, 0.29) is 0 Å². The van der Waals surface area contributed by atoms with Crippen LogP contribution in [0.1, 0.15) is 12.8 Å². The first-order valence-corrected chi connectivity index (χ1v) is 6.98. The van der Waals surface area contributed by atoms with Gasteiger partial charge in [-0.25, -0.2) is 4.98 Å². The molecule has 0 unspecified atom stereocenters. The van der Waals surface area contributed by atoms with Crippen LogP contribution >= 0.6 is 11.8 Å². The SMILES string of the molecule is c1ccc2nc(SC[C@H]3CCCN3)cnc2c1. The van der Waals surface area contributed by atoms with Gasteiger partial charge in [0, 0.05) is 11.8 Å². The van der Waals surface area contributed by atoms with Crippen molar-refractivity contribution in [1.29, 1.82) is 0 Å². The van der Waals surface area contributed by atoms with Crippen LogP contribution in [0.4, 0.5) is 0 Å². The van der Waals surface area contributed by atoms with Crippen molar-refractivity contribution >= 4 is 22.8 Å². The molecule has 17 heavy (non-hydrogen) atoms. The zero-order valence-corrected chi connectivity index (χ0v) is 10.4. The second-order valence-electron chi connectivity index (χ2n) is 4.30. The van der Waals surface area contributed by atoms with Crippen molar-refractivity contribution < 1.29 is 0 Å². The Morgan fingerprint density at radius 2 is 2.18 bits per heavy atom. The Labute approximate surface area is 105 Å². The summed E-state index contributed by atoms with van der Waals surface area (Å²) in [5.74, 6) is 1.09. The van der Waals surface area contributed by atoms with Gasteiger partial charge >= 0.3 is 0 Å². The minimum Gasteiger partial charge on any atom is -0.313 e. The first-order valence-electron chi connectivity index (χ1n) is 6.00. The molecule has 1 atom stereocenters. The predicted molar refractivity (Wildman–Crippen MR) is 71.3 cm³/mol. The fraction of sp³-hybridized carbons (Fsp3) is 0.385. The van der Waals surface area contributed by atoms with E-state index in [1.165, 1.54) is 12.8 Å². The third-order valence-electron chi connectivity index (χ3n) is 3.02. The molecule has 3 nitrogen and oxygen atoms in total. The molecule has 0 saturated carbocycles. The molecule has 2 aromatic rings. The molecule has 1 aliphatic rings. The van der Waals surface area contributed by atoms with Crippen LogP contribution in [0.2, 0.25) is 0 Å². The Bertz CT molecular complexity index is 509. The molecule has 2 heterocycles. The van der Waals surface area contributed by atoms with E-state index in [1.54, 1.807) is 11.8 Å². The van der Waals surface area contributed by atoms with E-state index < -0.39 is 0 Å². The van der Waals surface area contributed by atoms with Crippen LogP contribution in [-0.2, 0) is 0 Å². The summed E-state index contributed by atoms with van der Waals surface area (Å²) < 4.78 is 0. The van der Waals surface area contributed by atoms with E-state index >= 15 is 0 Å². The monoisotopic (exact) mass is 245 g/mol. The van der Waals surface area contributed by atoms with Crippen molar-refractivity contribution in [2.75, 3.05) is 12.3 Å². The standard InChI is InChI=1S/C13H15N3S/c1-2-6-12-11(5-1)15-8-13(16-12)17-9-10-4-3-7-14-10/h1-2,5-6,8,10,14H,3-4,7,9H2/t10-/m1/s1. The van der Waals surface area contributed by atoms with Crippen molar-refractivity contribution in [2.45, 2.75) is 23.9 Å². The number of aromatic nitrogens is 2. The van der Waals surface area contributed by atoms with E-state index in [0.717, 1.165) is 28.4 Å². The number of hydrogen-bond donors (Lipinski definition) is 1. The van der Waals surface area contributed by atoms with Crippen LogP contribution in [0, 0.1) is 0 Å². The maximum atomic E-state index is 4.61. The van der Waals surface area contributed by atoms with E-state index in [1.807, 2.05) is 30.5 Å². The highest BCUT2D eigenvalue weighted by atomic mass is 32.2. The first-order chi connectivity index (χ1) is 8.42. The van der Waals surface area contributed by atoms with Gasteiger partial charge in [0.05, 0.1) is 17.2 Å². The largest absolute Gasteiger partial charge is 0.313 e. The highest BCUT2D eigenvalue weighted by molar-refractivity contribution is 7.99. The van der Waals surface area contributed by atoms with Gasteiger partial charge in [-0.1, -0.05) is 12.1 Å². The molecule has 0 spiro atoms. The number of nitrogens with one attached hydrogen (secondary N) is 1. The lowest BCUT2D eigenvalue weighted by Gasteiger charge is -2.08. The summed E-state index contributed by atoms with van der Waals surface area (Å²) in [6, 6.07) is 8.65. The van der Waals surface area contributed by atoms with Gasteiger partial charge in [0.25, 0.3) is 0 Å². The zero-order valence-electron chi connectivity index (χ0n) is 9.60. The summed E-state index contributed by atoms with van der Waals surface area (Å²) in [6.45, 7) is 1.16. The Kier molecular flexibility index (Phi) is 3.25. The van der Waals surface area contributed by atoms with Crippen LogP contribution in [0.3, 0.4) is 0 Å². The maximum absolute atomic E-state index is 4.61. The molecule has 0 bridgehead atoms. The quantitative estimate of drug-likeness (QED) is 0.843. The van der Waals surface area contributed by atoms with E-state index in [4.69, 9.17) is 0 Å². The smallest absolute Gasteiger partial charge is 0.115 e. The van der Waals surface area contributed by atoms with Crippen molar-refractivity contribution in [3.05, 3.63) is 30.5 Å². The number of hydrogen-bond acceptors (Lipinski definition) is 4. The lowest BCUT2D eigenvalue weighted by Crippen LogP contribution is -2.23. The van der Waals surface area contributed by atoms with E-state index in [0.29, 0.717) is 6.04 Å². The van der Waals surface area contributed by atoms with Gasteiger partial charge in [0.1, 0.15) is 5.03 Å².